The average Bonchev–Trinajstić information content (AvgIpc) is 2.94. The summed E-state index contributed by atoms with van der Waals surface area (Å²) in [6.07, 6.45) is 0.528. The van der Waals surface area contributed by atoms with Gasteiger partial charge in [-0.15, -0.1) is 0 Å². The van der Waals surface area contributed by atoms with Crippen molar-refractivity contribution < 1.29 is 17.9 Å². The molecule has 0 aliphatic carbocycles. The number of primary sulfonamides is 1. The number of nitrogens with two attached hydrogens (primary N) is 1. The monoisotopic (exact) mass is 329 g/mol. The average molecular weight is 329 g/mol. The number of hydrogen-bond donors (Lipinski definition) is 1. The molecule has 0 amide bonds. The van der Waals surface area contributed by atoms with Crippen molar-refractivity contribution in [2.45, 2.75) is 11.3 Å². The third-order valence-corrected chi connectivity index (χ3v) is 4.60. The van der Waals surface area contributed by atoms with E-state index in [1.54, 1.807) is 12.1 Å². The van der Waals surface area contributed by atoms with Crippen LogP contribution in [0.25, 0.3) is 5.57 Å². The van der Waals surface area contributed by atoms with Gasteiger partial charge in [0.1, 0.15) is 0 Å². The molecule has 118 valence electrons. The molecule has 3 rings (SSSR count). The van der Waals surface area contributed by atoms with E-state index in [2.05, 4.69) is 0 Å². The number of cyclic esters (lactones) is 1. The van der Waals surface area contributed by atoms with Crippen LogP contribution in [0, 0.1) is 0 Å². The highest BCUT2D eigenvalue weighted by atomic mass is 32.2. The van der Waals surface area contributed by atoms with Crippen LogP contribution in [-0.2, 0) is 19.6 Å². The first-order valence-corrected chi connectivity index (χ1v) is 8.60. The molecule has 0 unspecified atom stereocenters. The van der Waals surface area contributed by atoms with E-state index in [0.29, 0.717) is 18.6 Å². The Hall–Kier alpha value is -2.44. The van der Waals surface area contributed by atoms with Gasteiger partial charge in [-0.3, -0.25) is 0 Å². The lowest BCUT2D eigenvalue weighted by molar-refractivity contribution is -0.135. The summed E-state index contributed by atoms with van der Waals surface area (Å²) in [6, 6.07) is 15.7. The van der Waals surface area contributed by atoms with E-state index >= 15 is 0 Å². The summed E-state index contributed by atoms with van der Waals surface area (Å²) in [5.41, 5.74) is 2.98. The zero-order valence-electron chi connectivity index (χ0n) is 12.2. The number of ether oxygens (including phenoxy) is 1. The van der Waals surface area contributed by atoms with Crippen LogP contribution in [0.15, 0.2) is 65.1 Å². The number of carbonyl (C=O) groups excluding carboxylic acids is 1. The molecule has 0 saturated carbocycles. The number of hydrogen-bond acceptors (Lipinski definition) is 4. The van der Waals surface area contributed by atoms with Crippen molar-refractivity contribution in [3.8, 4) is 0 Å². The molecule has 0 aromatic heterocycles. The Balaban J connectivity index is 2.16. The van der Waals surface area contributed by atoms with Crippen molar-refractivity contribution in [3.63, 3.8) is 0 Å². The molecule has 0 bridgehead atoms. The smallest absolute Gasteiger partial charge is 0.334 e. The van der Waals surface area contributed by atoms with Crippen molar-refractivity contribution in [1.82, 2.24) is 0 Å². The highest BCUT2D eigenvalue weighted by molar-refractivity contribution is 7.89. The molecule has 0 spiro atoms. The molecule has 1 aliphatic rings. The van der Waals surface area contributed by atoms with E-state index in [1.165, 1.54) is 12.1 Å². The van der Waals surface area contributed by atoms with E-state index in [-0.39, 0.29) is 10.9 Å². The first-order valence-electron chi connectivity index (χ1n) is 7.06. The lowest BCUT2D eigenvalue weighted by Crippen LogP contribution is -2.12. The van der Waals surface area contributed by atoms with Crippen molar-refractivity contribution in [3.05, 3.63) is 71.3 Å². The van der Waals surface area contributed by atoms with Gasteiger partial charge in [0.25, 0.3) is 0 Å². The molecule has 0 radical (unpaired) electrons. The van der Waals surface area contributed by atoms with Crippen molar-refractivity contribution >= 4 is 21.6 Å². The van der Waals surface area contributed by atoms with Crippen molar-refractivity contribution in [1.29, 1.82) is 0 Å². The van der Waals surface area contributed by atoms with E-state index in [1.807, 2.05) is 30.3 Å². The third-order valence-electron chi connectivity index (χ3n) is 3.67. The first-order chi connectivity index (χ1) is 11.0. The zero-order valence-corrected chi connectivity index (χ0v) is 13.0. The number of esters is 1. The lowest BCUT2D eigenvalue weighted by atomic mass is 9.92. The Bertz CT molecular complexity index is 869. The molecule has 6 heteroatoms. The Kier molecular flexibility index (Phi) is 4.02. The maximum atomic E-state index is 12.0. The van der Waals surface area contributed by atoms with Crippen LogP contribution in [0.5, 0.6) is 0 Å². The predicted octanol–water partition coefficient (Wildman–Crippen LogP) is 2.08. The van der Waals surface area contributed by atoms with E-state index in [0.717, 1.165) is 16.7 Å². The summed E-state index contributed by atoms with van der Waals surface area (Å²) in [4.78, 5) is 12.0. The molecule has 1 saturated heterocycles. The summed E-state index contributed by atoms with van der Waals surface area (Å²) < 4.78 is 27.8. The first kappa shape index (κ1) is 15.5. The van der Waals surface area contributed by atoms with Crippen LogP contribution < -0.4 is 5.14 Å². The van der Waals surface area contributed by atoms with Gasteiger partial charge in [0.15, 0.2) is 0 Å². The van der Waals surface area contributed by atoms with Gasteiger partial charge in [-0.25, -0.2) is 18.4 Å². The minimum atomic E-state index is -3.75. The van der Waals surface area contributed by atoms with E-state index < -0.39 is 10.0 Å². The second kappa shape index (κ2) is 5.98. The predicted molar refractivity (Wildman–Crippen MR) is 85.9 cm³/mol. The minimum absolute atomic E-state index is 0.0349. The summed E-state index contributed by atoms with van der Waals surface area (Å²) in [6.45, 7) is 0.361. The molecule has 0 atom stereocenters. The minimum Gasteiger partial charge on any atom is -0.462 e. The van der Waals surface area contributed by atoms with Crippen molar-refractivity contribution in [2.75, 3.05) is 6.61 Å². The highest BCUT2D eigenvalue weighted by Gasteiger charge is 2.25. The quantitative estimate of drug-likeness (QED) is 0.690. The van der Waals surface area contributed by atoms with Gasteiger partial charge in [0.05, 0.1) is 11.5 Å². The second-order valence-electron chi connectivity index (χ2n) is 5.17. The number of sulfonamides is 1. The van der Waals surface area contributed by atoms with Crippen LogP contribution in [0.1, 0.15) is 17.5 Å². The van der Waals surface area contributed by atoms with Crippen molar-refractivity contribution in [2.24, 2.45) is 5.14 Å². The molecule has 1 heterocycles. The van der Waals surface area contributed by atoms with Gasteiger partial charge in [-0.1, -0.05) is 42.5 Å². The number of carbonyl (C=O) groups is 1. The standard InChI is InChI=1S/C17H15NO4S/c18-23(20,21)14-8-6-13(7-9-14)16(12-4-2-1-3-5-12)15-10-11-22-17(15)19/h1-9H,10-11H2,(H2,18,20,21)/b16-15+. The van der Waals surface area contributed by atoms with Gasteiger partial charge in [0, 0.05) is 12.0 Å². The number of benzene rings is 2. The van der Waals surface area contributed by atoms with E-state index in [9.17, 15) is 13.2 Å². The molecular weight excluding hydrogens is 314 g/mol. The lowest BCUT2D eigenvalue weighted by Gasteiger charge is -2.11. The van der Waals surface area contributed by atoms with Gasteiger partial charge < -0.3 is 4.74 Å². The summed E-state index contributed by atoms with van der Waals surface area (Å²) >= 11 is 0. The molecule has 2 N–H and O–H groups in total. The Labute approximate surface area is 134 Å². The SMILES string of the molecule is NS(=O)(=O)c1ccc(/C(=C2\CCOC2=O)c2ccccc2)cc1. The fourth-order valence-electron chi connectivity index (χ4n) is 2.59. The van der Waals surface area contributed by atoms with Crippen LogP contribution in [0.2, 0.25) is 0 Å². The Morgan fingerprint density at radius 3 is 2.09 bits per heavy atom. The molecule has 1 aliphatic heterocycles. The summed E-state index contributed by atoms with van der Waals surface area (Å²) in [5.74, 6) is -0.334. The van der Waals surface area contributed by atoms with Gasteiger partial charge in [-0.2, -0.15) is 0 Å². The summed E-state index contributed by atoms with van der Waals surface area (Å²) in [5, 5.41) is 5.12. The molecule has 5 nitrogen and oxygen atoms in total. The maximum absolute atomic E-state index is 12.0. The Morgan fingerprint density at radius 2 is 1.57 bits per heavy atom. The Morgan fingerprint density at radius 1 is 0.957 bits per heavy atom. The van der Waals surface area contributed by atoms with Gasteiger partial charge >= 0.3 is 5.97 Å². The van der Waals surface area contributed by atoms with Crippen LogP contribution in [-0.4, -0.2) is 21.0 Å². The van der Waals surface area contributed by atoms with Gasteiger partial charge in [0.2, 0.25) is 10.0 Å². The zero-order chi connectivity index (χ0) is 16.4. The topological polar surface area (TPSA) is 86.5 Å². The molecule has 2 aromatic carbocycles. The second-order valence-corrected chi connectivity index (χ2v) is 6.74. The molecule has 1 fully saturated rings. The fraction of sp³-hybridized carbons (Fsp3) is 0.118. The maximum Gasteiger partial charge on any atom is 0.334 e. The van der Waals surface area contributed by atoms with E-state index in [4.69, 9.17) is 9.88 Å². The molecule has 2 aromatic rings. The highest BCUT2D eigenvalue weighted by Crippen LogP contribution is 2.32. The molecule has 23 heavy (non-hydrogen) atoms. The summed E-state index contributed by atoms with van der Waals surface area (Å²) in [7, 11) is -3.75. The van der Waals surface area contributed by atoms with Crippen LogP contribution in [0.3, 0.4) is 0 Å². The molecular formula is C17H15NO4S. The third kappa shape index (κ3) is 3.18. The number of rotatable bonds is 3. The fourth-order valence-corrected chi connectivity index (χ4v) is 3.11. The largest absolute Gasteiger partial charge is 0.462 e. The van der Waals surface area contributed by atoms with Crippen LogP contribution >= 0.6 is 0 Å². The van der Waals surface area contributed by atoms with Crippen LogP contribution in [0.4, 0.5) is 0 Å². The van der Waals surface area contributed by atoms with Gasteiger partial charge in [-0.05, 0) is 28.8 Å². The normalized spacial score (nSPS) is 17.0.